The van der Waals surface area contributed by atoms with Crippen molar-refractivity contribution in [1.82, 2.24) is 10.6 Å². The van der Waals surface area contributed by atoms with E-state index in [2.05, 4.69) is 34.4 Å². The van der Waals surface area contributed by atoms with Gasteiger partial charge in [-0.2, -0.15) is 11.3 Å². The maximum atomic E-state index is 11.9. The van der Waals surface area contributed by atoms with Crippen LogP contribution >= 0.6 is 11.3 Å². The molecule has 112 valence electrons. The van der Waals surface area contributed by atoms with Gasteiger partial charge in [0.05, 0.1) is 0 Å². The van der Waals surface area contributed by atoms with Crippen LogP contribution in [0.2, 0.25) is 0 Å². The van der Waals surface area contributed by atoms with Gasteiger partial charge in [0, 0.05) is 25.1 Å². The van der Waals surface area contributed by atoms with Gasteiger partial charge in [0.1, 0.15) is 0 Å². The number of aliphatic hydroxyl groups excluding tert-OH is 1. The van der Waals surface area contributed by atoms with Crippen LogP contribution in [-0.4, -0.2) is 30.3 Å². The van der Waals surface area contributed by atoms with Crippen molar-refractivity contribution < 1.29 is 9.90 Å². The van der Waals surface area contributed by atoms with Crippen LogP contribution in [0.15, 0.2) is 16.8 Å². The normalized spacial score (nSPS) is 24.1. The molecule has 0 aliphatic heterocycles. The first kappa shape index (κ1) is 15.3. The number of rotatable bonds is 5. The third-order valence-corrected chi connectivity index (χ3v) is 4.84. The average Bonchev–Trinajstić information content (AvgIpc) is 2.99. The second kappa shape index (κ2) is 7.64. The highest BCUT2D eigenvalue weighted by molar-refractivity contribution is 7.07. The third-order valence-electron chi connectivity index (χ3n) is 4.14. The first-order valence-corrected chi connectivity index (χ1v) is 8.32. The van der Waals surface area contributed by atoms with Crippen LogP contribution in [0.5, 0.6) is 0 Å². The quantitative estimate of drug-likeness (QED) is 0.782. The maximum Gasteiger partial charge on any atom is 0.315 e. The maximum absolute atomic E-state index is 11.9. The Hall–Kier alpha value is -1.07. The van der Waals surface area contributed by atoms with Crippen molar-refractivity contribution in [2.75, 3.05) is 13.2 Å². The SMILES string of the molecule is C[C@H](CNC(=O)N[C@H]1CCCC[C@@H]1CO)c1ccsc1. The highest BCUT2D eigenvalue weighted by Gasteiger charge is 2.25. The Morgan fingerprint density at radius 1 is 1.50 bits per heavy atom. The number of aliphatic hydroxyl groups is 1. The van der Waals surface area contributed by atoms with E-state index in [-0.39, 0.29) is 24.6 Å². The number of hydrogen-bond donors (Lipinski definition) is 3. The molecule has 0 aromatic carbocycles. The minimum Gasteiger partial charge on any atom is -0.396 e. The molecule has 0 unspecified atom stereocenters. The summed E-state index contributed by atoms with van der Waals surface area (Å²) in [6, 6.07) is 2.10. The molecule has 2 rings (SSSR count). The standard InChI is InChI=1S/C15H24N2O2S/c1-11(13-6-7-20-10-13)8-16-15(19)17-14-5-3-2-4-12(14)9-18/h6-7,10-12,14,18H,2-5,8-9H2,1H3,(H2,16,17,19)/t11-,12-,14+/m1/s1. The van der Waals surface area contributed by atoms with E-state index in [1.54, 1.807) is 11.3 Å². The molecule has 0 radical (unpaired) electrons. The Kier molecular flexibility index (Phi) is 5.86. The molecule has 0 spiro atoms. The summed E-state index contributed by atoms with van der Waals surface area (Å²) in [4.78, 5) is 11.9. The molecule has 1 aliphatic rings. The van der Waals surface area contributed by atoms with Crippen LogP contribution in [0, 0.1) is 5.92 Å². The average molecular weight is 296 g/mol. The van der Waals surface area contributed by atoms with Crippen molar-refractivity contribution >= 4 is 17.4 Å². The van der Waals surface area contributed by atoms with Crippen LogP contribution in [0.1, 0.15) is 44.1 Å². The molecule has 3 atom stereocenters. The smallest absolute Gasteiger partial charge is 0.315 e. The third kappa shape index (κ3) is 4.21. The van der Waals surface area contributed by atoms with Gasteiger partial charge in [-0.25, -0.2) is 4.79 Å². The highest BCUT2D eigenvalue weighted by atomic mass is 32.1. The van der Waals surface area contributed by atoms with Crippen molar-refractivity contribution in [3.8, 4) is 0 Å². The Morgan fingerprint density at radius 2 is 2.30 bits per heavy atom. The van der Waals surface area contributed by atoms with Gasteiger partial charge in [-0.15, -0.1) is 0 Å². The van der Waals surface area contributed by atoms with Crippen molar-refractivity contribution in [1.29, 1.82) is 0 Å². The Labute approximate surface area is 124 Å². The lowest BCUT2D eigenvalue weighted by Gasteiger charge is -2.31. The number of thiophene rings is 1. The predicted octanol–water partition coefficient (Wildman–Crippen LogP) is 2.70. The first-order valence-electron chi connectivity index (χ1n) is 7.38. The molecule has 1 fully saturated rings. The zero-order valence-corrected chi connectivity index (χ0v) is 12.8. The van der Waals surface area contributed by atoms with Crippen LogP contribution in [-0.2, 0) is 0 Å². The Bertz CT molecular complexity index is 408. The van der Waals surface area contributed by atoms with E-state index in [0.29, 0.717) is 12.5 Å². The summed E-state index contributed by atoms with van der Waals surface area (Å²) in [5.74, 6) is 0.538. The topological polar surface area (TPSA) is 61.4 Å². The number of carbonyl (C=O) groups is 1. The van der Waals surface area contributed by atoms with Crippen molar-refractivity contribution in [2.24, 2.45) is 5.92 Å². The number of hydrogen-bond acceptors (Lipinski definition) is 3. The Morgan fingerprint density at radius 3 is 3.00 bits per heavy atom. The fourth-order valence-electron chi connectivity index (χ4n) is 2.75. The van der Waals surface area contributed by atoms with Gasteiger partial charge >= 0.3 is 6.03 Å². The van der Waals surface area contributed by atoms with E-state index in [0.717, 1.165) is 25.7 Å². The van der Waals surface area contributed by atoms with Gasteiger partial charge in [0.15, 0.2) is 0 Å². The van der Waals surface area contributed by atoms with Gasteiger partial charge in [-0.05, 0) is 41.1 Å². The fourth-order valence-corrected chi connectivity index (χ4v) is 3.54. The molecule has 4 nitrogen and oxygen atoms in total. The van der Waals surface area contributed by atoms with E-state index in [4.69, 9.17) is 0 Å². The molecule has 1 heterocycles. The summed E-state index contributed by atoms with van der Waals surface area (Å²) in [7, 11) is 0. The summed E-state index contributed by atoms with van der Waals surface area (Å²) >= 11 is 1.68. The second-order valence-electron chi connectivity index (χ2n) is 5.65. The van der Waals surface area contributed by atoms with Crippen molar-refractivity contribution in [3.05, 3.63) is 22.4 Å². The molecule has 20 heavy (non-hydrogen) atoms. The van der Waals surface area contributed by atoms with Gasteiger partial charge in [-0.3, -0.25) is 0 Å². The molecule has 0 saturated heterocycles. The summed E-state index contributed by atoms with van der Waals surface area (Å²) in [6.07, 6.45) is 4.26. The first-order chi connectivity index (χ1) is 9.70. The zero-order chi connectivity index (χ0) is 14.4. The van der Waals surface area contributed by atoms with Crippen molar-refractivity contribution in [3.63, 3.8) is 0 Å². The largest absolute Gasteiger partial charge is 0.396 e. The molecule has 1 aliphatic carbocycles. The van der Waals surface area contributed by atoms with Crippen LogP contribution in [0.3, 0.4) is 0 Å². The van der Waals surface area contributed by atoms with Gasteiger partial charge in [0.25, 0.3) is 0 Å². The minimum atomic E-state index is -0.113. The lowest BCUT2D eigenvalue weighted by molar-refractivity contribution is 0.153. The molecule has 3 N–H and O–H groups in total. The monoisotopic (exact) mass is 296 g/mol. The molecule has 1 aromatic heterocycles. The van der Waals surface area contributed by atoms with E-state index < -0.39 is 0 Å². The summed E-state index contributed by atoms with van der Waals surface area (Å²) in [6.45, 7) is 2.91. The highest BCUT2D eigenvalue weighted by Crippen LogP contribution is 2.24. The molecule has 5 heteroatoms. The second-order valence-corrected chi connectivity index (χ2v) is 6.43. The van der Waals surface area contributed by atoms with Gasteiger partial charge in [0.2, 0.25) is 0 Å². The molecular formula is C15H24N2O2S. The molecule has 2 amide bonds. The van der Waals surface area contributed by atoms with E-state index in [1.807, 2.05) is 0 Å². The summed E-state index contributed by atoms with van der Waals surface area (Å²) < 4.78 is 0. The summed E-state index contributed by atoms with van der Waals surface area (Å²) in [5, 5.41) is 19.5. The minimum absolute atomic E-state index is 0.113. The molecule has 0 bridgehead atoms. The number of carbonyl (C=O) groups excluding carboxylic acids is 1. The van der Waals surface area contributed by atoms with Crippen molar-refractivity contribution in [2.45, 2.75) is 44.6 Å². The van der Waals surface area contributed by atoms with Crippen LogP contribution < -0.4 is 10.6 Å². The summed E-state index contributed by atoms with van der Waals surface area (Å²) in [5.41, 5.74) is 1.27. The molecule has 1 saturated carbocycles. The lowest BCUT2D eigenvalue weighted by atomic mass is 9.85. The van der Waals surface area contributed by atoms with Gasteiger partial charge < -0.3 is 15.7 Å². The van der Waals surface area contributed by atoms with E-state index in [9.17, 15) is 9.90 Å². The number of amides is 2. The fraction of sp³-hybridized carbons (Fsp3) is 0.667. The number of urea groups is 1. The Balaban J connectivity index is 1.74. The van der Waals surface area contributed by atoms with Gasteiger partial charge in [-0.1, -0.05) is 19.8 Å². The van der Waals surface area contributed by atoms with Crippen LogP contribution in [0.25, 0.3) is 0 Å². The lowest BCUT2D eigenvalue weighted by Crippen LogP contribution is -2.48. The van der Waals surface area contributed by atoms with Crippen LogP contribution in [0.4, 0.5) is 4.79 Å². The predicted molar refractivity (Wildman–Crippen MR) is 82.1 cm³/mol. The zero-order valence-electron chi connectivity index (χ0n) is 12.0. The van der Waals surface area contributed by atoms with E-state index in [1.165, 1.54) is 5.56 Å². The molecule has 1 aromatic rings. The molecular weight excluding hydrogens is 272 g/mol. The number of nitrogens with one attached hydrogen (secondary N) is 2. The van der Waals surface area contributed by atoms with E-state index >= 15 is 0 Å².